The van der Waals surface area contributed by atoms with Gasteiger partial charge in [0, 0.05) is 0 Å². The van der Waals surface area contributed by atoms with Crippen LogP contribution in [0.2, 0.25) is 0 Å². The SMILES string of the molecule is N=C=O.O=C(O)OCl. The third kappa shape index (κ3) is 86.8. The molecule has 0 bridgehead atoms. The van der Waals surface area contributed by atoms with E-state index in [-0.39, 0.29) is 0 Å². The molecule has 0 unspecified atom stereocenters. The first kappa shape index (κ1) is 10.0. The number of halogens is 1. The van der Waals surface area contributed by atoms with Crippen LogP contribution in [0.1, 0.15) is 0 Å². The number of carboxylic acid groups (broad SMARTS) is 1. The van der Waals surface area contributed by atoms with Crippen molar-refractivity contribution in [2.45, 2.75) is 0 Å². The van der Waals surface area contributed by atoms with Crippen LogP contribution in [0.5, 0.6) is 0 Å². The fraction of sp³-hybridized carbons (Fsp3) is 0. The quantitative estimate of drug-likeness (QED) is 0.383. The van der Waals surface area contributed by atoms with Gasteiger partial charge in [-0.3, -0.25) is 0 Å². The normalized spacial score (nSPS) is 5.12. The summed E-state index contributed by atoms with van der Waals surface area (Å²) in [6.45, 7) is 0. The molecule has 0 aliphatic heterocycles. The molecule has 0 saturated carbocycles. The summed E-state index contributed by atoms with van der Waals surface area (Å²) in [6.07, 6.45) is -0.730. The van der Waals surface area contributed by atoms with E-state index in [1.807, 2.05) is 0 Å². The summed E-state index contributed by atoms with van der Waals surface area (Å²) in [5.74, 6) is 0. The van der Waals surface area contributed by atoms with Crippen molar-refractivity contribution in [3.8, 4) is 0 Å². The van der Waals surface area contributed by atoms with Gasteiger partial charge in [-0.25, -0.2) is 15.0 Å². The molecule has 0 spiro atoms. The van der Waals surface area contributed by atoms with E-state index in [0.717, 1.165) is 6.08 Å². The van der Waals surface area contributed by atoms with E-state index >= 15 is 0 Å². The van der Waals surface area contributed by atoms with E-state index in [1.54, 1.807) is 0 Å². The zero-order chi connectivity index (χ0) is 6.99. The highest BCUT2D eigenvalue weighted by molar-refractivity contribution is 6.12. The monoisotopic (exact) mass is 139 g/mol. The molecular weight excluding hydrogens is 137 g/mol. The van der Waals surface area contributed by atoms with Crippen molar-refractivity contribution >= 4 is 24.1 Å². The fourth-order valence-electron chi connectivity index (χ4n) is 0. The van der Waals surface area contributed by atoms with Gasteiger partial charge in [0.2, 0.25) is 6.08 Å². The summed E-state index contributed by atoms with van der Waals surface area (Å²) in [4.78, 5) is 17.4. The van der Waals surface area contributed by atoms with Gasteiger partial charge in [-0.05, 0) is 0 Å². The van der Waals surface area contributed by atoms with E-state index in [4.69, 9.17) is 20.1 Å². The molecule has 0 saturated heterocycles. The molecule has 5 nitrogen and oxygen atoms in total. The van der Waals surface area contributed by atoms with Gasteiger partial charge in [0.1, 0.15) is 11.9 Å². The molecule has 8 heavy (non-hydrogen) atoms. The van der Waals surface area contributed by atoms with Crippen molar-refractivity contribution < 1.29 is 19.0 Å². The molecule has 0 atom stereocenters. The minimum atomic E-state index is -1.48. The number of nitrogens with one attached hydrogen (secondary N) is 1. The molecule has 0 fully saturated rings. The van der Waals surface area contributed by atoms with Crippen molar-refractivity contribution in [1.29, 1.82) is 5.41 Å². The van der Waals surface area contributed by atoms with Gasteiger partial charge < -0.3 is 9.40 Å². The second-order valence-corrected chi connectivity index (χ2v) is 0.599. The summed E-state index contributed by atoms with van der Waals surface area (Å²) in [6, 6.07) is 0. The minimum Gasteiger partial charge on any atom is -0.449 e. The zero-order valence-corrected chi connectivity index (χ0v) is 4.31. The van der Waals surface area contributed by atoms with Crippen LogP contribution in [0, 0.1) is 5.41 Å². The molecular formula is C2H2ClNO4. The smallest absolute Gasteiger partial charge is 0.449 e. The lowest BCUT2D eigenvalue weighted by molar-refractivity contribution is 0.149. The predicted octanol–water partition coefficient (Wildman–Crippen LogP) is 0.736. The Labute approximate surface area is 49.5 Å². The van der Waals surface area contributed by atoms with Crippen LogP contribution in [0.4, 0.5) is 4.79 Å². The lowest BCUT2D eigenvalue weighted by Crippen LogP contribution is -1.85. The standard InChI is InChI=1S/CHClO3.CHNO/c2-5-1(3)4;2-1-3/h(H,3,4);2H. The molecule has 0 amide bonds. The summed E-state index contributed by atoms with van der Waals surface area (Å²) in [7, 11) is 0. The van der Waals surface area contributed by atoms with Crippen LogP contribution in [0.3, 0.4) is 0 Å². The van der Waals surface area contributed by atoms with Crippen LogP contribution < -0.4 is 0 Å². The maximum absolute atomic E-state index is 9.01. The number of hydrogen-bond acceptors (Lipinski definition) is 4. The van der Waals surface area contributed by atoms with E-state index in [1.165, 1.54) is 0 Å². The summed E-state index contributed by atoms with van der Waals surface area (Å²) in [5.41, 5.74) is 0. The number of carbonyl (C=O) groups is 1. The second-order valence-electron chi connectivity index (χ2n) is 0.445. The van der Waals surface area contributed by atoms with Gasteiger partial charge in [-0.2, -0.15) is 0 Å². The Hall–Kier alpha value is -1.06. The van der Waals surface area contributed by atoms with Crippen molar-refractivity contribution in [3.63, 3.8) is 0 Å². The Kier molecular flexibility index (Phi) is 11.7. The van der Waals surface area contributed by atoms with Gasteiger partial charge in [-0.15, -0.1) is 0 Å². The van der Waals surface area contributed by atoms with Crippen LogP contribution in [0.15, 0.2) is 0 Å². The van der Waals surface area contributed by atoms with Crippen molar-refractivity contribution in [1.82, 2.24) is 0 Å². The number of isocyanates is 1. The topological polar surface area (TPSA) is 87.5 Å². The zero-order valence-electron chi connectivity index (χ0n) is 3.55. The van der Waals surface area contributed by atoms with Gasteiger partial charge in [0.15, 0.2) is 0 Å². The lowest BCUT2D eigenvalue weighted by Gasteiger charge is -1.73. The molecule has 0 aromatic rings. The minimum absolute atomic E-state index is 0.750. The molecule has 0 aliphatic carbocycles. The van der Waals surface area contributed by atoms with E-state index in [9.17, 15) is 0 Å². The average Bonchev–Trinajstić information content (AvgIpc) is 1.69. The van der Waals surface area contributed by atoms with Crippen LogP contribution in [-0.2, 0) is 9.08 Å². The van der Waals surface area contributed by atoms with Crippen LogP contribution in [-0.4, -0.2) is 17.3 Å². The molecule has 0 aromatic heterocycles. The molecule has 0 rings (SSSR count). The van der Waals surface area contributed by atoms with Gasteiger partial charge in [0.25, 0.3) is 0 Å². The maximum Gasteiger partial charge on any atom is 0.524 e. The largest absolute Gasteiger partial charge is 0.524 e. The number of hydrogen-bond donors (Lipinski definition) is 2. The molecule has 0 heterocycles. The summed E-state index contributed by atoms with van der Waals surface area (Å²) >= 11 is 4.24. The van der Waals surface area contributed by atoms with E-state index < -0.39 is 6.16 Å². The Morgan fingerprint density at radius 2 is 2.00 bits per heavy atom. The highest BCUT2D eigenvalue weighted by Crippen LogP contribution is 1.75. The Balaban J connectivity index is 0. The molecule has 46 valence electrons. The highest BCUT2D eigenvalue weighted by atomic mass is 35.5. The van der Waals surface area contributed by atoms with Crippen molar-refractivity contribution in [2.24, 2.45) is 0 Å². The van der Waals surface area contributed by atoms with Gasteiger partial charge in [-0.1, -0.05) is 0 Å². The molecule has 6 heteroatoms. The van der Waals surface area contributed by atoms with Crippen molar-refractivity contribution in [3.05, 3.63) is 0 Å². The molecule has 0 radical (unpaired) electrons. The lowest BCUT2D eigenvalue weighted by atomic mass is 11.5. The first-order valence-electron chi connectivity index (χ1n) is 1.24. The van der Waals surface area contributed by atoms with Crippen molar-refractivity contribution in [2.75, 3.05) is 0 Å². The molecule has 0 aromatic carbocycles. The third-order valence-corrected chi connectivity index (χ3v) is 0.198. The summed E-state index contributed by atoms with van der Waals surface area (Å²) in [5, 5.41) is 12.8. The van der Waals surface area contributed by atoms with Crippen LogP contribution >= 0.6 is 11.9 Å². The Morgan fingerprint density at radius 1 is 1.88 bits per heavy atom. The fourth-order valence-corrected chi connectivity index (χ4v) is 0. The van der Waals surface area contributed by atoms with Gasteiger partial charge in [0.05, 0.1) is 0 Å². The first-order chi connectivity index (χ1) is 3.68. The average molecular weight is 139 g/mol. The predicted molar refractivity (Wildman–Crippen MR) is 23.4 cm³/mol. The highest BCUT2D eigenvalue weighted by Gasteiger charge is 1.84. The molecule has 2 N–H and O–H groups in total. The third-order valence-electron chi connectivity index (χ3n) is 0.0660. The second kappa shape index (κ2) is 9.34. The Morgan fingerprint density at radius 3 is 2.00 bits per heavy atom. The summed E-state index contributed by atoms with van der Waals surface area (Å²) < 4.78 is 3.14. The van der Waals surface area contributed by atoms with Crippen LogP contribution in [0.25, 0.3) is 0 Å². The first-order valence-corrected chi connectivity index (χ1v) is 1.55. The number of carbonyl (C=O) groups excluding carboxylic acids is 1. The maximum atomic E-state index is 9.01. The van der Waals surface area contributed by atoms with E-state index in [2.05, 4.69) is 16.2 Å². The number of rotatable bonds is 0. The Bertz CT molecular complexity index is 96.2. The van der Waals surface area contributed by atoms with E-state index in [0.29, 0.717) is 0 Å². The molecule has 0 aliphatic rings. The van der Waals surface area contributed by atoms with Gasteiger partial charge >= 0.3 is 6.16 Å².